The van der Waals surface area contributed by atoms with Crippen LogP contribution in [0.3, 0.4) is 0 Å². The Hall–Kier alpha value is 0.0349. The van der Waals surface area contributed by atoms with Gasteiger partial charge in [0.25, 0.3) is 11.8 Å². The van der Waals surface area contributed by atoms with E-state index in [2.05, 4.69) is 59.3 Å². The van der Waals surface area contributed by atoms with Gasteiger partial charge < -0.3 is 19.0 Å². The Kier molecular flexibility index (Phi) is 21.4. The first-order valence-electron chi connectivity index (χ1n) is 14.8. The lowest BCUT2D eigenvalue weighted by Crippen LogP contribution is -2.43. The number of alkyl halides is 2. The third-order valence-corrected chi connectivity index (χ3v) is 11.8. The summed E-state index contributed by atoms with van der Waals surface area (Å²) in [6, 6.07) is 1.15. The molecule has 270 valence electrons. The molecule has 0 saturated carbocycles. The van der Waals surface area contributed by atoms with Crippen LogP contribution in [0.4, 0.5) is 0 Å². The van der Waals surface area contributed by atoms with E-state index in [1.54, 1.807) is 48.5 Å². The number of carbonyl (C=O) groups excluding carboxylic acids is 6. The average molecular weight is 887 g/mol. The van der Waals surface area contributed by atoms with Gasteiger partial charge in [0.2, 0.25) is 0 Å². The van der Waals surface area contributed by atoms with E-state index >= 15 is 0 Å². The summed E-state index contributed by atoms with van der Waals surface area (Å²) in [5.74, 6) is -2.41. The first-order valence-corrected chi connectivity index (χ1v) is 21.1. The Bertz CT molecular complexity index is 1090. The fourth-order valence-corrected chi connectivity index (χ4v) is 6.97. The van der Waals surface area contributed by atoms with E-state index in [0.29, 0.717) is 22.7 Å². The minimum Gasteiger partial charge on any atom is -0.464 e. The number of ether oxygens (including phenoxy) is 3. The highest BCUT2D eigenvalue weighted by Gasteiger charge is 2.45. The van der Waals surface area contributed by atoms with Crippen LogP contribution in [0.25, 0.3) is 0 Å². The van der Waals surface area contributed by atoms with Crippen LogP contribution in [-0.4, -0.2) is 92.4 Å². The van der Waals surface area contributed by atoms with E-state index in [0.717, 1.165) is 6.06 Å². The second-order valence-corrected chi connectivity index (χ2v) is 21.6. The lowest BCUT2D eigenvalue weighted by Gasteiger charge is -2.30. The van der Waals surface area contributed by atoms with Gasteiger partial charge in [0.15, 0.2) is 6.15 Å². The van der Waals surface area contributed by atoms with Crippen molar-refractivity contribution in [2.24, 2.45) is 10.8 Å². The van der Waals surface area contributed by atoms with Gasteiger partial charge in [-0.1, -0.05) is 59.5 Å². The standard InChI is InChI=1S/C27H41Br2NO10S2.CH8BP3/c1-24(2,3)39-20(33)17(28)15-25(4,5)21(34)37-11-13-41-42-14-12-38-22(35)26(6,7)16-27(8,29)23(36)40-30-18(31)9-10-19(30)32;3-1-2(4)5/h17H,9-16H2,1-8H3;1,3-5H2. The van der Waals surface area contributed by atoms with Crippen LogP contribution in [0.1, 0.15) is 81.1 Å². The maximum Gasteiger partial charge on any atom is 0.349 e. The molecule has 1 fully saturated rings. The predicted molar refractivity (Wildman–Crippen MR) is 206 cm³/mol. The Morgan fingerprint density at radius 1 is 0.851 bits per heavy atom. The van der Waals surface area contributed by atoms with Crippen molar-refractivity contribution >= 4 is 123 Å². The summed E-state index contributed by atoms with van der Waals surface area (Å²) in [7, 11) is 10.9. The van der Waals surface area contributed by atoms with Crippen LogP contribution < -0.4 is 0 Å². The maximum atomic E-state index is 12.7. The van der Waals surface area contributed by atoms with Gasteiger partial charge in [0, 0.05) is 24.3 Å². The topological polar surface area (TPSA) is 143 Å². The number of amides is 2. The number of esters is 3. The van der Waals surface area contributed by atoms with Crippen LogP contribution in [0.2, 0.25) is 0 Å². The summed E-state index contributed by atoms with van der Waals surface area (Å²) >= 11 is 6.58. The third-order valence-electron chi connectivity index (χ3n) is 5.99. The van der Waals surface area contributed by atoms with Crippen molar-refractivity contribution in [3.05, 3.63) is 0 Å². The van der Waals surface area contributed by atoms with Crippen molar-refractivity contribution in [1.29, 1.82) is 0 Å². The van der Waals surface area contributed by atoms with Gasteiger partial charge in [-0.15, -0.1) is 14.3 Å². The summed E-state index contributed by atoms with van der Waals surface area (Å²) in [5, 5.41) is 0.467. The monoisotopic (exact) mass is 885 g/mol. The van der Waals surface area contributed by atoms with E-state index in [4.69, 9.17) is 19.0 Å². The van der Waals surface area contributed by atoms with Crippen molar-refractivity contribution in [3.63, 3.8) is 0 Å². The van der Waals surface area contributed by atoms with E-state index < -0.39 is 61.3 Å². The molecule has 11 nitrogen and oxygen atoms in total. The molecule has 1 aliphatic rings. The number of nitrogens with zero attached hydrogens (tertiary/aromatic N) is 1. The zero-order valence-corrected chi connectivity index (χ0v) is 36.6. The van der Waals surface area contributed by atoms with Gasteiger partial charge in [-0.2, -0.15) is 18.2 Å². The molecule has 47 heavy (non-hydrogen) atoms. The molecule has 5 atom stereocenters. The van der Waals surface area contributed by atoms with Crippen LogP contribution >= 0.6 is 80.9 Å². The Morgan fingerprint density at radius 3 is 1.68 bits per heavy atom. The highest BCUT2D eigenvalue weighted by Crippen LogP contribution is 2.37. The van der Waals surface area contributed by atoms with Crippen molar-refractivity contribution < 1.29 is 47.8 Å². The number of imide groups is 1. The van der Waals surface area contributed by atoms with Gasteiger partial charge in [0.05, 0.1) is 10.8 Å². The van der Waals surface area contributed by atoms with Crippen LogP contribution in [0.15, 0.2) is 0 Å². The zero-order chi connectivity index (χ0) is 36.8. The van der Waals surface area contributed by atoms with Gasteiger partial charge >= 0.3 is 23.9 Å². The molecule has 0 spiro atoms. The lowest BCUT2D eigenvalue weighted by molar-refractivity contribution is -0.199. The van der Waals surface area contributed by atoms with Gasteiger partial charge in [-0.05, 0) is 68.2 Å². The van der Waals surface area contributed by atoms with Gasteiger partial charge in [0.1, 0.15) is 28.0 Å². The highest BCUT2D eigenvalue weighted by molar-refractivity contribution is 9.10. The molecule has 0 aromatic carbocycles. The second-order valence-electron chi connectivity index (χ2n) is 13.1. The molecule has 0 aromatic rings. The molecule has 0 bridgehead atoms. The van der Waals surface area contributed by atoms with Crippen molar-refractivity contribution in [2.75, 3.05) is 30.8 Å². The minimum absolute atomic E-state index is 0.00883. The Balaban J connectivity index is 0.00000391. The van der Waals surface area contributed by atoms with Gasteiger partial charge in [-0.3, -0.25) is 24.0 Å². The van der Waals surface area contributed by atoms with Crippen LogP contribution in [-0.2, 0) is 47.8 Å². The smallest absolute Gasteiger partial charge is 0.349 e. The maximum absolute atomic E-state index is 12.7. The van der Waals surface area contributed by atoms with Gasteiger partial charge in [-0.25, -0.2) is 4.79 Å². The summed E-state index contributed by atoms with van der Waals surface area (Å²) in [4.78, 5) is 77.8. The van der Waals surface area contributed by atoms with E-state index in [1.165, 1.54) is 28.5 Å². The summed E-state index contributed by atoms with van der Waals surface area (Å²) in [5.41, 5.74) is -2.59. The van der Waals surface area contributed by atoms with Crippen molar-refractivity contribution in [2.45, 2.75) is 95.8 Å². The summed E-state index contributed by atoms with van der Waals surface area (Å²) in [6.07, 6.45) is 0.859. The average Bonchev–Trinajstić information content (AvgIpc) is 3.24. The first-order chi connectivity index (χ1) is 21.4. The molecule has 0 aromatic heterocycles. The summed E-state index contributed by atoms with van der Waals surface area (Å²) in [6.45, 7) is 13.8. The van der Waals surface area contributed by atoms with Crippen LogP contribution in [0, 0.1) is 10.8 Å². The number of hydroxylamine groups is 2. The van der Waals surface area contributed by atoms with E-state index in [-0.39, 0.29) is 38.9 Å². The number of halogens is 2. The molecule has 1 heterocycles. The summed E-state index contributed by atoms with van der Waals surface area (Å²) < 4.78 is 14.8. The number of hydrogen-bond acceptors (Lipinski definition) is 12. The molecule has 0 N–H and O–H groups in total. The predicted octanol–water partition coefficient (Wildman–Crippen LogP) is 5.79. The van der Waals surface area contributed by atoms with Crippen molar-refractivity contribution in [1.82, 2.24) is 5.06 Å². The Morgan fingerprint density at radius 2 is 1.28 bits per heavy atom. The fourth-order valence-electron chi connectivity index (χ4n) is 3.64. The minimum atomic E-state index is -1.35. The fraction of sp³-hybridized carbons (Fsp3) is 0.786. The molecule has 0 aliphatic carbocycles. The molecule has 2 amide bonds. The zero-order valence-electron chi connectivity index (χ0n) is 28.4. The highest BCUT2D eigenvalue weighted by atomic mass is 79.9. The molecule has 1 saturated heterocycles. The number of hydrogen-bond donors (Lipinski definition) is 0. The first kappa shape index (κ1) is 47.0. The molecule has 5 unspecified atom stereocenters. The molecule has 0 radical (unpaired) electrons. The molecule has 19 heteroatoms. The number of rotatable bonds is 17. The largest absolute Gasteiger partial charge is 0.464 e. The number of carbonyl (C=O) groups is 6. The second kappa shape index (κ2) is 21.4. The molecule has 1 rings (SSSR count). The molecular formula is C28H49BBr2NO10P3S2. The van der Waals surface area contributed by atoms with E-state index in [9.17, 15) is 28.8 Å². The Labute approximate surface area is 311 Å². The lowest BCUT2D eigenvalue weighted by atomic mass is 9.83. The normalized spacial score (nSPS) is 15.6. The van der Waals surface area contributed by atoms with E-state index in [1.807, 2.05) is 0 Å². The molecular weight excluding hydrogens is 838 g/mol. The van der Waals surface area contributed by atoms with Crippen LogP contribution in [0.5, 0.6) is 0 Å². The SMILES string of the molecule is CC(C)(C)OC(=O)C(Br)CC(C)(C)C(=O)OCCSSCCOC(=O)C(C)(C)CC(C)(Br)C(=O)ON1C(=O)CCC1=O.PCB(P)P. The molecule has 1 aliphatic heterocycles. The van der Waals surface area contributed by atoms with Crippen molar-refractivity contribution in [3.8, 4) is 0 Å². The quantitative estimate of drug-likeness (QED) is 0.0255. The third kappa shape index (κ3) is 19.3.